The molecule has 1 aliphatic rings. The highest BCUT2D eigenvalue weighted by Crippen LogP contribution is 2.26. The summed E-state index contributed by atoms with van der Waals surface area (Å²) < 4.78 is 34.3. The number of sulfonamides is 1. The van der Waals surface area contributed by atoms with Crippen LogP contribution in [0.4, 0.5) is 5.82 Å². The molecule has 0 unspecified atom stereocenters. The molecule has 1 fully saturated rings. The number of hydrogen-bond acceptors (Lipinski definition) is 8. The summed E-state index contributed by atoms with van der Waals surface area (Å²) in [5.41, 5.74) is 1.92. The minimum Gasteiger partial charge on any atom is -0.497 e. The number of ether oxygens (including phenoxy) is 1. The minimum atomic E-state index is -3.62. The lowest BCUT2D eigenvalue weighted by molar-refractivity contribution is 0.384. The zero-order valence-corrected chi connectivity index (χ0v) is 19.2. The zero-order chi connectivity index (χ0) is 23.0. The topological polar surface area (TPSA) is 106 Å². The van der Waals surface area contributed by atoms with E-state index in [4.69, 9.17) is 16.3 Å². The van der Waals surface area contributed by atoms with Crippen LogP contribution in [-0.4, -0.2) is 71.0 Å². The molecular weight excluding hydrogens is 466 g/mol. The van der Waals surface area contributed by atoms with Crippen LogP contribution in [0.25, 0.3) is 16.9 Å². The standard InChI is InChI=1S/C21H20ClN7O3S/c1-32-17-7-5-16(6-8-17)29-21-19(25-26-29)20(23-14-24-21)27-9-11-28(12-10-27)33(30,31)18-4-2-3-15(22)13-18/h2-8,13-14H,9-12H2,1H3. The molecule has 12 heteroatoms. The first-order chi connectivity index (χ1) is 16.0. The van der Waals surface area contributed by atoms with Gasteiger partial charge in [-0.05, 0) is 42.5 Å². The second kappa shape index (κ2) is 8.58. The highest BCUT2D eigenvalue weighted by atomic mass is 35.5. The maximum Gasteiger partial charge on any atom is 0.243 e. The Morgan fingerprint density at radius 3 is 2.45 bits per heavy atom. The van der Waals surface area contributed by atoms with E-state index in [-0.39, 0.29) is 4.90 Å². The van der Waals surface area contributed by atoms with Crippen molar-refractivity contribution >= 4 is 38.6 Å². The van der Waals surface area contributed by atoms with Crippen molar-refractivity contribution in [2.45, 2.75) is 4.90 Å². The number of piperazine rings is 1. The number of hydrogen-bond donors (Lipinski definition) is 0. The van der Waals surface area contributed by atoms with E-state index in [0.717, 1.165) is 11.4 Å². The molecule has 10 nitrogen and oxygen atoms in total. The van der Waals surface area contributed by atoms with E-state index < -0.39 is 10.0 Å². The van der Waals surface area contributed by atoms with Crippen LogP contribution >= 0.6 is 11.6 Å². The van der Waals surface area contributed by atoms with Crippen molar-refractivity contribution < 1.29 is 13.2 Å². The lowest BCUT2D eigenvalue weighted by atomic mass is 10.3. The summed E-state index contributed by atoms with van der Waals surface area (Å²) in [6.45, 7) is 1.54. The van der Waals surface area contributed by atoms with Crippen LogP contribution in [0, 0.1) is 0 Å². The van der Waals surface area contributed by atoms with E-state index in [9.17, 15) is 8.42 Å². The fourth-order valence-corrected chi connectivity index (χ4v) is 5.51. The van der Waals surface area contributed by atoms with Crippen LogP contribution in [0.1, 0.15) is 0 Å². The third kappa shape index (κ3) is 3.99. The highest BCUT2D eigenvalue weighted by molar-refractivity contribution is 7.89. The van der Waals surface area contributed by atoms with Crippen LogP contribution in [0.15, 0.2) is 59.8 Å². The second-order valence-electron chi connectivity index (χ2n) is 7.42. The van der Waals surface area contributed by atoms with Crippen molar-refractivity contribution in [3.63, 3.8) is 0 Å². The Morgan fingerprint density at radius 1 is 1.00 bits per heavy atom. The maximum atomic E-state index is 13.0. The molecule has 2 aromatic heterocycles. The second-order valence-corrected chi connectivity index (χ2v) is 9.79. The van der Waals surface area contributed by atoms with Crippen molar-refractivity contribution in [3.8, 4) is 11.4 Å². The first kappa shape index (κ1) is 21.6. The third-order valence-corrected chi connectivity index (χ3v) is 7.64. The van der Waals surface area contributed by atoms with Crippen molar-refractivity contribution in [1.29, 1.82) is 0 Å². The van der Waals surface area contributed by atoms with Crippen LogP contribution in [0.3, 0.4) is 0 Å². The van der Waals surface area contributed by atoms with Crippen LogP contribution in [-0.2, 0) is 10.0 Å². The van der Waals surface area contributed by atoms with Crippen LogP contribution in [0.5, 0.6) is 5.75 Å². The number of rotatable bonds is 5. The monoisotopic (exact) mass is 485 g/mol. The number of anilines is 1. The van der Waals surface area contributed by atoms with E-state index in [2.05, 4.69) is 20.3 Å². The molecular formula is C21H20ClN7O3S. The Balaban J connectivity index is 1.38. The van der Waals surface area contributed by atoms with Gasteiger partial charge in [-0.2, -0.15) is 8.99 Å². The van der Waals surface area contributed by atoms with Gasteiger partial charge in [0.1, 0.15) is 12.1 Å². The Bertz CT molecular complexity index is 1400. The van der Waals surface area contributed by atoms with Gasteiger partial charge in [-0.15, -0.1) is 5.10 Å². The Hall–Kier alpha value is -3.28. The summed E-state index contributed by atoms with van der Waals surface area (Å²) in [6, 6.07) is 13.7. The lowest BCUT2D eigenvalue weighted by Gasteiger charge is -2.34. The third-order valence-electron chi connectivity index (χ3n) is 5.51. The van der Waals surface area contributed by atoms with E-state index in [1.54, 1.807) is 30.0 Å². The van der Waals surface area contributed by atoms with Gasteiger partial charge in [0.2, 0.25) is 10.0 Å². The number of nitrogens with zero attached hydrogens (tertiary/aromatic N) is 7. The van der Waals surface area contributed by atoms with Gasteiger partial charge in [-0.25, -0.2) is 18.4 Å². The zero-order valence-electron chi connectivity index (χ0n) is 17.7. The first-order valence-corrected chi connectivity index (χ1v) is 12.0. The average Bonchev–Trinajstić information content (AvgIpc) is 3.28. The molecule has 1 saturated heterocycles. The van der Waals surface area contributed by atoms with E-state index in [1.165, 1.54) is 16.7 Å². The Kier molecular flexibility index (Phi) is 5.60. The summed E-state index contributed by atoms with van der Waals surface area (Å²) in [5, 5.41) is 8.95. The molecule has 0 aliphatic carbocycles. The summed E-state index contributed by atoms with van der Waals surface area (Å²) in [4.78, 5) is 11.0. The molecule has 0 spiro atoms. The highest BCUT2D eigenvalue weighted by Gasteiger charge is 2.30. The molecule has 4 aromatic rings. The van der Waals surface area contributed by atoms with Gasteiger partial charge in [-0.3, -0.25) is 0 Å². The smallest absolute Gasteiger partial charge is 0.243 e. The first-order valence-electron chi connectivity index (χ1n) is 10.2. The molecule has 5 rings (SSSR count). The SMILES string of the molecule is COc1ccc(-n2nnc3c(N4CCN(S(=O)(=O)c5cccc(Cl)c5)CC4)ncnc32)cc1. The van der Waals surface area contributed by atoms with Crippen molar-refractivity contribution in [3.05, 3.63) is 59.9 Å². The lowest BCUT2D eigenvalue weighted by Crippen LogP contribution is -2.49. The summed E-state index contributed by atoms with van der Waals surface area (Å²) in [6.07, 6.45) is 1.47. The summed E-state index contributed by atoms with van der Waals surface area (Å²) in [5.74, 6) is 1.36. The fraction of sp³-hybridized carbons (Fsp3) is 0.238. The van der Waals surface area contributed by atoms with E-state index >= 15 is 0 Å². The van der Waals surface area contributed by atoms with Crippen molar-refractivity contribution in [1.82, 2.24) is 29.3 Å². The molecule has 0 saturated carbocycles. The molecule has 0 amide bonds. The van der Waals surface area contributed by atoms with Gasteiger partial charge >= 0.3 is 0 Å². The van der Waals surface area contributed by atoms with Crippen molar-refractivity contribution in [2.75, 3.05) is 38.2 Å². The predicted molar refractivity (Wildman–Crippen MR) is 123 cm³/mol. The van der Waals surface area contributed by atoms with E-state index in [0.29, 0.717) is 48.2 Å². The van der Waals surface area contributed by atoms with Gasteiger partial charge in [0.05, 0.1) is 17.7 Å². The molecule has 170 valence electrons. The number of halogens is 1. The van der Waals surface area contributed by atoms with E-state index in [1.807, 2.05) is 29.2 Å². The maximum absolute atomic E-state index is 13.0. The van der Waals surface area contributed by atoms with Gasteiger partial charge < -0.3 is 9.64 Å². The van der Waals surface area contributed by atoms with Gasteiger partial charge in [0, 0.05) is 31.2 Å². The largest absolute Gasteiger partial charge is 0.497 e. The number of benzene rings is 2. The molecule has 3 heterocycles. The summed E-state index contributed by atoms with van der Waals surface area (Å²) in [7, 11) is -2.01. The van der Waals surface area contributed by atoms with Crippen molar-refractivity contribution in [2.24, 2.45) is 0 Å². The van der Waals surface area contributed by atoms with Gasteiger partial charge in [-0.1, -0.05) is 22.9 Å². The molecule has 0 atom stereocenters. The summed E-state index contributed by atoms with van der Waals surface area (Å²) >= 11 is 5.98. The minimum absolute atomic E-state index is 0.190. The van der Waals surface area contributed by atoms with Crippen LogP contribution < -0.4 is 9.64 Å². The van der Waals surface area contributed by atoms with Gasteiger partial charge in [0.15, 0.2) is 17.0 Å². The molecule has 0 bridgehead atoms. The molecule has 0 N–H and O–H groups in total. The fourth-order valence-electron chi connectivity index (χ4n) is 3.78. The average molecular weight is 486 g/mol. The molecule has 0 radical (unpaired) electrons. The molecule has 2 aromatic carbocycles. The number of methoxy groups -OCH3 is 1. The number of fused-ring (bicyclic) bond motifs is 1. The quantitative estimate of drug-likeness (QED) is 0.424. The predicted octanol–water partition coefficient (Wildman–Crippen LogP) is 2.38. The Labute approximate surface area is 195 Å². The number of aromatic nitrogens is 5. The Morgan fingerprint density at radius 2 is 1.76 bits per heavy atom. The molecule has 1 aliphatic heterocycles. The molecule has 33 heavy (non-hydrogen) atoms. The van der Waals surface area contributed by atoms with Gasteiger partial charge in [0.25, 0.3) is 0 Å². The van der Waals surface area contributed by atoms with Crippen LogP contribution in [0.2, 0.25) is 5.02 Å². The normalized spacial score (nSPS) is 15.2.